The van der Waals surface area contributed by atoms with Gasteiger partial charge in [0.15, 0.2) is 5.78 Å². The van der Waals surface area contributed by atoms with E-state index in [-0.39, 0.29) is 16.7 Å². The molecule has 1 fully saturated rings. The number of carbonyl (C=O) groups is 3. The highest BCUT2D eigenvalue weighted by Gasteiger charge is 2.66. The molecule has 0 unspecified atom stereocenters. The molecule has 3 rings (SSSR count). The van der Waals surface area contributed by atoms with Gasteiger partial charge in [-0.3, -0.25) is 4.79 Å². The molecule has 164 valence electrons. The van der Waals surface area contributed by atoms with Crippen LogP contribution in [0.5, 0.6) is 0 Å². The maximum absolute atomic E-state index is 13.8. The molecule has 1 saturated heterocycles. The third-order valence-electron chi connectivity index (χ3n) is 4.91. The molecule has 1 heterocycles. The monoisotopic (exact) mass is 440 g/mol. The summed E-state index contributed by atoms with van der Waals surface area (Å²) in [6.07, 6.45) is -5.42. The molecule has 2 amide bonds. The molecule has 0 bridgehead atoms. The van der Waals surface area contributed by atoms with Gasteiger partial charge in [0.1, 0.15) is 11.7 Å². The molecule has 0 aromatic heterocycles. The molecule has 0 aliphatic carbocycles. The lowest BCUT2D eigenvalue weighted by Gasteiger charge is -2.45. The zero-order valence-electron chi connectivity index (χ0n) is 15.9. The molecule has 2 aromatic rings. The zero-order chi connectivity index (χ0) is 23.0. The fourth-order valence-electron chi connectivity index (χ4n) is 3.35. The maximum Gasteiger partial charge on any atom is 0.437 e. The minimum Gasteiger partial charge on any atom is -0.465 e. The van der Waals surface area contributed by atoms with Gasteiger partial charge in [0.2, 0.25) is 5.72 Å². The molecule has 0 radical (unpaired) electrons. The van der Waals surface area contributed by atoms with Crippen molar-refractivity contribution < 1.29 is 41.8 Å². The van der Waals surface area contributed by atoms with E-state index in [2.05, 4.69) is 10.1 Å². The Morgan fingerprint density at radius 3 is 2.10 bits per heavy atom. The van der Waals surface area contributed by atoms with E-state index in [4.69, 9.17) is 0 Å². The number of ketones is 1. The molecule has 0 saturated carbocycles. The van der Waals surface area contributed by atoms with Crippen LogP contribution in [0.4, 0.5) is 22.4 Å². The average molecular weight is 440 g/mol. The fraction of sp³-hybridized carbons (Fsp3) is 0.250. The van der Waals surface area contributed by atoms with Crippen LogP contribution < -0.4 is 10.6 Å². The van der Waals surface area contributed by atoms with E-state index < -0.39 is 47.5 Å². The number of ether oxygens (including phenoxy) is 1. The molecule has 2 aromatic carbocycles. The highest BCUT2D eigenvalue weighted by Crippen LogP contribution is 2.44. The highest BCUT2D eigenvalue weighted by molar-refractivity contribution is 6.00. The van der Waals surface area contributed by atoms with E-state index in [1.165, 1.54) is 29.6 Å². The number of halogens is 4. The van der Waals surface area contributed by atoms with Crippen LogP contribution in [0.15, 0.2) is 48.5 Å². The van der Waals surface area contributed by atoms with Gasteiger partial charge in [-0.25, -0.2) is 14.0 Å². The molecular formula is C20H16F4N2O5. The first-order valence-corrected chi connectivity index (χ1v) is 8.84. The molecule has 3 atom stereocenters. The Hall–Kier alpha value is -3.47. The second-order valence-corrected chi connectivity index (χ2v) is 6.80. The van der Waals surface area contributed by atoms with Crippen LogP contribution in [0, 0.1) is 11.7 Å². The fourth-order valence-corrected chi connectivity index (χ4v) is 3.35. The van der Waals surface area contributed by atoms with Crippen molar-refractivity contribution in [3.05, 3.63) is 71.0 Å². The van der Waals surface area contributed by atoms with Crippen molar-refractivity contribution in [2.24, 2.45) is 5.92 Å². The summed E-state index contributed by atoms with van der Waals surface area (Å²) in [7, 11) is 1.14. The number of urea groups is 1. The molecular weight excluding hydrogens is 424 g/mol. The van der Waals surface area contributed by atoms with E-state index in [0.29, 0.717) is 0 Å². The van der Waals surface area contributed by atoms with Gasteiger partial charge in [-0.1, -0.05) is 12.1 Å². The quantitative estimate of drug-likeness (QED) is 0.385. The Morgan fingerprint density at radius 2 is 1.58 bits per heavy atom. The summed E-state index contributed by atoms with van der Waals surface area (Å²) >= 11 is 0. The van der Waals surface area contributed by atoms with E-state index in [0.717, 1.165) is 31.4 Å². The Labute approximate surface area is 173 Å². The topological polar surface area (TPSA) is 105 Å². The highest BCUT2D eigenvalue weighted by atomic mass is 19.4. The summed E-state index contributed by atoms with van der Waals surface area (Å²) in [4.78, 5) is 36.6. The first kappa shape index (κ1) is 22.2. The maximum atomic E-state index is 13.8. The lowest BCUT2D eigenvalue weighted by atomic mass is 9.77. The lowest BCUT2D eigenvalue weighted by Crippen LogP contribution is -2.72. The number of hydrogen-bond donors (Lipinski definition) is 3. The molecule has 31 heavy (non-hydrogen) atoms. The van der Waals surface area contributed by atoms with Crippen molar-refractivity contribution in [1.29, 1.82) is 0 Å². The molecule has 7 nitrogen and oxygen atoms in total. The number of alkyl halides is 3. The Morgan fingerprint density at radius 1 is 1.03 bits per heavy atom. The summed E-state index contributed by atoms with van der Waals surface area (Å²) < 4.78 is 59.2. The number of amides is 2. The number of rotatable bonds is 4. The number of methoxy groups -OCH3 is 1. The largest absolute Gasteiger partial charge is 0.465 e. The first-order valence-electron chi connectivity index (χ1n) is 8.84. The van der Waals surface area contributed by atoms with Crippen LogP contribution in [0.25, 0.3) is 0 Å². The minimum absolute atomic E-state index is 0.0191. The number of Topliss-reactive ketones (excluding diaryl/α,β-unsaturated/α-hetero) is 1. The SMILES string of the molecule is COC(=O)c1ccc([C@H]2NC(=O)N[C@](O)(C(F)(F)F)[C@@H]2C(=O)c2ccc(F)cc2)cc1. The van der Waals surface area contributed by atoms with Crippen molar-refractivity contribution in [2.75, 3.05) is 7.11 Å². The van der Waals surface area contributed by atoms with E-state index >= 15 is 0 Å². The number of esters is 1. The van der Waals surface area contributed by atoms with E-state index in [1.807, 2.05) is 0 Å². The average Bonchev–Trinajstić information content (AvgIpc) is 2.72. The second kappa shape index (κ2) is 7.99. The van der Waals surface area contributed by atoms with Gasteiger partial charge in [0, 0.05) is 5.56 Å². The van der Waals surface area contributed by atoms with E-state index in [9.17, 15) is 37.1 Å². The van der Waals surface area contributed by atoms with Gasteiger partial charge in [-0.2, -0.15) is 13.2 Å². The minimum atomic E-state index is -5.42. The number of hydrogen-bond acceptors (Lipinski definition) is 5. The van der Waals surface area contributed by atoms with Gasteiger partial charge >= 0.3 is 18.2 Å². The van der Waals surface area contributed by atoms with E-state index in [1.54, 1.807) is 0 Å². The second-order valence-electron chi connectivity index (χ2n) is 6.80. The smallest absolute Gasteiger partial charge is 0.437 e. The zero-order valence-corrected chi connectivity index (χ0v) is 15.9. The lowest BCUT2D eigenvalue weighted by molar-refractivity contribution is -0.287. The van der Waals surface area contributed by atoms with Gasteiger partial charge in [0.25, 0.3) is 0 Å². The Bertz CT molecular complexity index is 1010. The summed E-state index contributed by atoms with van der Waals surface area (Å²) in [5.41, 5.74) is -4.11. The predicted octanol–water partition coefficient (Wildman–Crippen LogP) is 2.72. The van der Waals surface area contributed by atoms with Crippen LogP contribution in [-0.2, 0) is 4.74 Å². The molecule has 0 spiro atoms. The van der Waals surface area contributed by atoms with Gasteiger partial charge in [0.05, 0.1) is 18.7 Å². The van der Waals surface area contributed by atoms with Gasteiger partial charge < -0.3 is 20.5 Å². The molecule has 1 aliphatic heterocycles. The van der Waals surface area contributed by atoms with Crippen LogP contribution in [0.1, 0.15) is 32.3 Å². The number of benzene rings is 2. The van der Waals surface area contributed by atoms with Crippen LogP contribution in [0.2, 0.25) is 0 Å². The van der Waals surface area contributed by atoms with Crippen LogP contribution >= 0.6 is 0 Å². The summed E-state index contributed by atoms with van der Waals surface area (Å²) in [5.74, 6) is -4.87. The van der Waals surface area contributed by atoms with Crippen LogP contribution in [-0.4, -0.2) is 41.9 Å². The van der Waals surface area contributed by atoms with Crippen molar-refractivity contribution >= 4 is 17.8 Å². The molecule has 11 heteroatoms. The molecule has 3 N–H and O–H groups in total. The van der Waals surface area contributed by atoms with Crippen LogP contribution in [0.3, 0.4) is 0 Å². The Balaban J connectivity index is 2.12. The summed E-state index contributed by atoms with van der Waals surface area (Å²) in [6.45, 7) is 0. The van der Waals surface area contributed by atoms with Gasteiger partial charge in [-0.15, -0.1) is 0 Å². The van der Waals surface area contributed by atoms with Gasteiger partial charge in [-0.05, 0) is 42.0 Å². The first-order chi connectivity index (χ1) is 14.5. The standard InChI is InChI=1S/C20H16F4N2O5/c1-31-17(28)12-4-2-10(3-5-12)15-14(16(27)11-6-8-13(21)9-7-11)19(30,20(22,23)24)26-18(29)25-15/h2-9,14-15,30H,1H3,(H2,25,26,29)/t14-,15+,19+/m0/s1. The Kier molecular flexibility index (Phi) is 5.72. The van der Waals surface area contributed by atoms with Crippen molar-refractivity contribution in [2.45, 2.75) is 17.9 Å². The predicted molar refractivity (Wildman–Crippen MR) is 97.4 cm³/mol. The van der Waals surface area contributed by atoms with Crippen molar-refractivity contribution in [3.63, 3.8) is 0 Å². The van der Waals surface area contributed by atoms with Crippen molar-refractivity contribution in [1.82, 2.24) is 10.6 Å². The third kappa shape index (κ3) is 4.08. The number of nitrogens with one attached hydrogen (secondary N) is 2. The normalized spacial score (nSPS) is 23.5. The third-order valence-corrected chi connectivity index (χ3v) is 4.91. The van der Waals surface area contributed by atoms with Crippen molar-refractivity contribution in [3.8, 4) is 0 Å². The number of aliphatic hydroxyl groups is 1. The molecule has 1 aliphatic rings. The summed E-state index contributed by atoms with van der Waals surface area (Å²) in [6, 6.07) is 5.67. The summed E-state index contributed by atoms with van der Waals surface area (Å²) in [5, 5.41) is 14.1. The number of carbonyl (C=O) groups excluding carboxylic acids is 3.